The van der Waals surface area contributed by atoms with Crippen molar-refractivity contribution < 1.29 is 52.4 Å². The van der Waals surface area contributed by atoms with E-state index in [9.17, 15) is 24.0 Å². The van der Waals surface area contributed by atoms with Gasteiger partial charge in [0.05, 0.1) is 77.2 Å². The summed E-state index contributed by atoms with van der Waals surface area (Å²) in [6, 6.07) is 3.88. The van der Waals surface area contributed by atoms with Gasteiger partial charge in [0, 0.05) is 24.2 Å². The molecular weight excluding hydrogens is 566 g/mol. The van der Waals surface area contributed by atoms with Crippen molar-refractivity contribution in [2.45, 2.75) is 25.8 Å². The monoisotopic (exact) mass is 605 g/mol. The van der Waals surface area contributed by atoms with Crippen molar-refractivity contribution >= 4 is 35.3 Å². The summed E-state index contributed by atoms with van der Waals surface area (Å²) in [6.07, 6.45) is 0.167. The number of amides is 4. The number of hydrogen-bond donors (Lipinski definition) is 2. The molecule has 236 valence electrons. The molecule has 14 heteroatoms. The second-order valence-corrected chi connectivity index (χ2v) is 9.58. The van der Waals surface area contributed by atoms with Gasteiger partial charge in [0.1, 0.15) is 12.6 Å². The molecule has 4 amide bonds. The van der Waals surface area contributed by atoms with Gasteiger partial charge in [0.25, 0.3) is 11.8 Å². The van der Waals surface area contributed by atoms with Gasteiger partial charge >= 0.3 is 5.97 Å². The van der Waals surface area contributed by atoms with E-state index in [1.165, 1.54) is 0 Å². The lowest BCUT2D eigenvalue weighted by atomic mass is 10.0. The fraction of sp³-hybridized carbons (Fsp3) is 0.552. The van der Waals surface area contributed by atoms with E-state index in [1.54, 1.807) is 25.1 Å². The first-order chi connectivity index (χ1) is 20.8. The quantitative estimate of drug-likeness (QED) is 0.0873. The highest BCUT2D eigenvalue weighted by atomic mass is 16.6. The molecule has 0 aromatic heterocycles. The zero-order valence-corrected chi connectivity index (χ0v) is 24.4. The number of ether oxygens (including phenoxy) is 6. The molecule has 0 bridgehead atoms. The summed E-state index contributed by atoms with van der Waals surface area (Å²) in [5.41, 5.74) is 1.25. The average molecular weight is 606 g/mol. The van der Waals surface area contributed by atoms with Crippen molar-refractivity contribution in [1.29, 1.82) is 0 Å². The molecule has 0 radical (unpaired) electrons. The third kappa shape index (κ3) is 10.5. The first-order valence-electron chi connectivity index (χ1n) is 14.1. The van der Waals surface area contributed by atoms with Crippen LogP contribution in [0.1, 0.15) is 40.5 Å². The van der Waals surface area contributed by atoms with Crippen LogP contribution in [-0.4, -0.2) is 120 Å². The van der Waals surface area contributed by atoms with E-state index >= 15 is 0 Å². The van der Waals surface area contributed by atoms with Crippen LogP contribution < -0.4 is 10.6 Å². The van der Waals surface area contributed by atoms with Gasteiger partial charge in [-0.3, -0.25) is 29.4 Å². The minimum Gasteiger partial charge on any atom is -0.460 e. The molecule has 0 spiro atoms. The molecule has 2 N–H and O–H groups in total. The molecule has 3 rings (SSSR count). The van der Waals surface area contributed by atoms with Gasteiger partial charge in [0.2, 0.25) is 11.8 Å². The molecule has 2 heterocycles. The summed E-state index contributed by atoms with van der Waals surface area (Å²) in [6.45, 7) is 9.46. The SMILES string of the molecule is C=C(C)C(=O)OCCOCCOCCOCCOCCOCCNc1cccc2c1C(=O)N(C1CCC(=O)NC1=O)C2=O. The first-order valence-corrected chi connectivity index (χ1v) is 14.1. The van der Waals surface area contributed by atoms with E-state index in [4.69, 9.17) is 28.4 Å². The molecule has 1 atom stereocenters. The van der Waals surface area contributed by atoms with Gasteiger partial charge in [0.15, 0.2) is 0 Å². The maximum atomic E-state index is 13.1. The van der Waals surface area contributed by atoms with E-state index < -0.39 is 35.6 Å². The number of hydrogen-bond acceptors (Lipinski definition) is 12. The number of carbonyl (C=O) groups excluding carboxylic acids is 5. The Bertz CT molecular complexity index is 1160. The molecule has 14 nitrogen and oxygen atoms in total. The van der Waals surface area contributed by atoms with Crippen molar-refractivity contribution in [3.8, 4) is 0 Å². The second kappa shape index (κ2) is 18.1. The van der Waals surface area contributed by atoms with Crippen LogP contribution in [-0.2, 0) is 42.8 Å². The second-order valence-electron chi connectivity index (χ2n) is 9.58. The van der Waals surface area contributed by atoms with Gasteiger partial charge in [-0.1, -0.05) is 12.6 Å². The number of benzene rings is 1. The molecule has 1 aromatic rings. The highest BCUT2D eigenvalue weighted by molar-refractivity contribution is 6.25. The Morgan fingerprint density at radius 2 is 1.42 bits per heavy atom. The summed E-state index contributed by atoms with van der Waals surface area (Å²) < 4.78 is 32.0. The van der Waals surface area contributed by atoms with E-state index in [-0.39, 0.29) is 30.6 Å². The lowest BCUT2D eigenvalue weighted by Gasteiger charge is -2.27. The molecule has 0 saturated carbocycles. The minimum atomic E-state index is -1.01. The Morgan fingerprint density at radius 1 is 0.860 bits per heavy atom. The maximum absolute atomic E-state index is 13.1. The molecule has 2 aliphatic heterocycles. The van der Waals surface area contributed by atoms with Gasteiger partial charge in [-0.15, -0.1) is 0 Å². The highest BCUT2D eigenvalue weighted by Crippen LogP contribution is 2.32. The number of piperidine rings is 1. The van der Waals surface area contributed by atoms with Crippen LogP contribution in [0.3, 0.4) is 0 Å². The first kappa shape index (κ1) is 33.8. The topological polar surface area (TPSA) is 168 Å². The van der Waals surface area contributed by atoms with Crippen molar-refractivity contribution in [2.24, 2.45) is 0 Å². The summed E-state index contributed by atoms with van der Waals surface area (Å²) in [7, 11) is 0. The van der Waals surface area contributed by atoms with Gasteiger partial charge in [-0.2, -0.15) is 0 Å². The summed E-state index contributed by atoms with van der Waals surface area (Å²) >= 11 is 0. The third-order valence-electron chi connectivity index (χ3n) is 6.33. The number of carbonyl (C=O) groups is 5. The van der Waals surface area contributed by atoms with Crippen molar-refractivity contribution in [2.75, 3.05) is 84.5 Å². The molecule has 2 aliphatic rings. The number of imide groups is 2. The van der Waals surface area contributed by atoms with E-state index in [0.29, 0.717) is 83.9 Å². The van der Waals surface area contributed by atoms with E-state index in [1.807, 2.05) is 0 Å². The Hall–Kier alpha value is -3.69. The standard InChI is InChI=1S/C29H39N3O11/c1-20(2)29(37)43-19-18-42-17-16-41-15-14-40-13-12-39-11-10-38-9-8-30-22-5-3-4-21-25(22)28(36)32(27(21)35)23-6-7-24(33)31-26(23)34/h3-5,23,30H,1,6-19H2,2H3,(H,31,33,34). The Balaban J connectivity index is 1.17. The molecular formula is C29H39N3O11. The van der Waals surface area contributed by atoms with Gasteiger partial charge in [-0.05, 0) is 25.5 Å². The number of rotatable bonds is 21. The van der Waals surface area contributed by atoms with Crippen LogP contribution in [0, 0.1) is 0 Å². The van der Waals surface area contributed by atoms with Crippen LogP contribution in [0.15, 0.2) is 30.4 Å². The Morgan fingerprint density at radius 3 is 1.98 bits per heavy atom. The molecule has 0 aliphatic carbocycles. The number of fused-ring (bicyclic) bond motifs is 1. The number of nitrogens with one attached hydrogen (secondary N) is 2. The van der Waals surface area contributed by atoms with Crippen LogP contribution in [0.25, 0.3) is 0 Å². The number of esters is 1. The fourth-order valence-corrected chi connectivity index (χ4v) is 4.22. The zero-order chi connectivity index (χ0) is 31.0. The van der Waals surface area contributed by atoms with Gasteiger partial charge in [-0.25, -0.2) is 4.79 Å². The van der Waals surface area contributed by atoms with E-state index in [2.05, 4.69) is 17.2 Å². The molecule has 1 aromatic carbocycles. The number of anilines is 1. The molecule has 1 saturated heterocycles. The van der Waals surface area contributed by atoms with Crippen LogP contribution in [0.2, 0.25) is 0 Å². The minimum absolute atomic E-state index is 0.0647. The van der Waals surface area contributed by atoms with Crippen LogP contribution in [0.5, 0.6) is 0 Å². The summed E-state index contributed by atoms with van der Waals surface area (Å²) in [5.74, 6) is -2.61. The average Bonchev–Trinajstić information content (AvgIpc) is 3.24. The zero-order valence-electron chi connectivity index (χ0n) is 24.4. The normalized spacial score (nSPS) is 16.3. The van der Waals surface area contributed by atoms with Gasteiger partial charge < -0.3 is 33.7 Å². The lowest BCUT2D eigenvalue weighted by Crippen LogP contribution is -2.54. The van der Waals surface area contributed by atoms with Crippen molar-refractivity contribution in [3.63, 3.8) is 0 Å². The Kier molecular flexibility index (Phi) is 14.2. The summed E-state index contributed by atoms with van der Waals surface area (Å²) in [5, 5.41) is 5.30. The predicted molar refractivity (Wildman–Crippen MR) is 151 cm³/mol. The molecule has 1 fully saturated rings. The third-order valence-corrected chi connectivity index (χ3v) is 6.33. The smallest absolute Gasteiger partial charge is 0.333 e. The predicted octanol–water partition coefficient (Wildman–Crippen LogP) is 0.702. The molecule has 1 unspecified atom stereocenters. The highest BCUT2D eigenvalue weighted by Gasteiger charge is 2.45. The lowest BCUT2D eigenvalue weighted by molar-refractivity contribution is -0.140. The maximum Gasteiger partial charge on any atom is 0.333 e. The Labute approximate surface area is 249 Å². The van der Waals surface area contributed by atoms with Crippen LogP contribution in [0.4, 0.5) is 5.69 Å². The molecule has 43 heavy (non-hydrogen) atoms. The van der Waals surface area contributed by atoms with Crippen molar-refractivity contribution in [1.82, 2.24) is 10.2 Å². The number of nitrogens with zero attached hydrogens (tertiary/aromatic N) is 1. The summed E-state index contributed by atoms with van der Waals surface area (Å²) in [4.78, 5) is 61.8. The van der Waals surface area contributed by atoms with Crippen LogP contribution >= 0.6 is 0 Å². The largest absolute Gasteiger partial charge is 0.460 e. The van der Waals surface area contributed by atoms with Crippen molar-refractivity contribution in [3.05, 3.63) is 41.5 Å². The van der Waals surface area contributed by atoms with E-state index in [0.717, 1.165) is 4.90 Å². The fourth-order valence-electron chi connectivity index (χ4n) is 4.22.